The molecule has 0 amide bonds. The second-order valence-electron chi connectivity index (χ2n) is 7.96. The lowest BCUT2D eigenvalue weighted by atomic mass is 10.2. The number of aliphatic hydroxyl groups is 1. The second-order valence-corrected chi connectivity index (χ2v) is 8.40. The van der Waals surface area contributed by atoms with Crippen LogP contribution in [-0.4, -0.2) is 36.8 Å². The summed E-state index contributed by atoms with van der Waals surface area (Å²) in [5, 5.41) is 9.74. The van der Waals surface area contributed by atoms with Crippen molar-refractivity contribution >= 4 is 22.8 Å². The molecule has 2 heterocycles. The molecule has 1 N–H and O–H groups in total. The third kappa shape index (κ3) is 5.81. The molecule has 0 radical (unpaired) electrons. The van der Waals surface area contributed by atoms with Crippen LogP contribution in [0.25, 0.3) is 11.2 Å². The lowest BCUT2D eigenvalue weighted by Gasteiger charge is -2.12. The lowest BCUT2D eigenvalue weighted by Crippen LogP contribution is -2.40. The van der Waals surface area contributed by atoms with E-state index in [0.29, 0.717) is 5.02 Å². The van der Waals surface area contributed by atoms with Crippen molar-refractivity contribution in [3.63, 3.8) is 0 Å². The van der Waals surface area contributed by atoms with E-state index < -0.39 is 23.4 Å². The zero-order valence-corrected chi connectivity index (χ0v) is 20.3. The molecule has 0 saturated carbocycles. The summed E-state index contributed by atoms with van der Waals surface area (Å²) in [6.07, 6.45) is -4.64. The van der Waals surface area contributed by atoms with Gasteiger partial charge in [0, 0.05) is 24.7 Å². The van der Waals surface area contributed by atoms with Crippen molar-refractivity contribution in [3.05, 3.63) is 80.0 Å². The molecular formula is C24H22ClF3N4O5. The van der Waals surface area contributed by atoms with Crippen molar-refractivity contribution in [2.24, 2.45) is 0 Å². The molecule has 0 bridgehead atoms. The molecule has 0 atom stereocenters. The number of fused-ring (bicyclic) bond motifs is 1. The minimum absolute atomic E-state index is 0.00703. The second kappa shape index (κ2) is 10.7. The van der Waals surface area contributed by atoms with Gasteiger partial charge < -0.3 is 14.6 Å². The number of benzene rings is 2. The highest BCUT2D eigenvalue weighted by Crippen LogP contribution is 2.29. The van der Waals surface area contributed by atoms with Gasteiger partial charge in [0.15, 0.2) is 11.2 Å². The maximum Gasteiger partial charge on any atom is 0.573 e. The molecule has 37 heavy (non-hydrogen) atoms. The number of ether oxygens (including phenoxy) is 2. The number of imidazole rings is 1. The van der Waals surface area contributed by atoms with E-state index in [0.717, 1.165) is 22.3 Å². The van der Waals surface area contributed by atoms with Crippen LogP contribution in [0, 0.1) is 0 Å². The Hall–Kier alpha value is -3.77. The highest BCUT2D eigenvalue weighted by atomic mass is 35.5. The van der Waals surface area contributed by atoms with Gasteiger partial charge in [-0.2, -0.15) is 4.98 Å². The van der Waals surface area contributed by atoms with E-state index in [9.17, 15) is 27.9 Å². The summed E-state index contributed by atoms with van der Waals surface area (Å²) in [6, 6.07) is 11.5. The molecule has 4 rings (SSSR count). The van der Waals surface area contributed by atoms with Crippen molar-refractivity contribution < 1.29 is 27.8 Å². The van der Waals surface area contributed by atoms with Gasteiger partial charge in [-0.3, -0.25) is 18.5 Å². The van der Waals surface area contributed by atoms with E-state index in [4.69, 9.17) is 16.3 Å². The molecule has 13 heteroatoms. The molecule has 196 valence electrons. The molecular weight excluding hydrogens is 517 g/mol. The largest absolute Gasteiger partial charge is 0.573 e. The smallest absolute Gasteiger partial charge is 0.425 e. The summed E-state index contributed by atoms with van der Waals surface area (Å²) in [5.74, 6) is -0.297. The van der Waals surface area contributed by atoms with E-state index in [2.05, 4.69) is 9.72 Å². The minimum Gasteiger partial charge on any atom is -0.425 e. The standard InChI is InChI=1S/C24H22ClF3N4O5/c1-2-30-20-19(21(34)31(23(30)35)12-3-13-33)32(14-15-4-6-16(25)7-5-15)22(29-20)36-17-8-10-18(11-9-17)37-24(26,27)28/h4-11,33H,2-3,12-14H2,1H3. The summed E-state index contributed by atoms with van der Waals surface area (Å²) >= 11 is 6.00. The topological polar surface area (TPSA) is 101 Å². The van der Waals surface area contributed by atoms with Crippen molar-refractivity contribution in [2.45, 2.75) is 39.3 Å². The van der Waals surface area contributed by atoms with Crippen molar-refractivity contribution in [1.29, 1.82) is 0 Å². The first-order valence-electron chi connectivity index (χ1n) is 11.2. The number of hydrogen-bond donors (Lipinski definition) is 1. The molecule has 0 aliphatic rings. The van der Waals surface area contributed by atoms with Gasteiger partial charge in [0.2, 0.25) is 0 Å². The first-order chi connectivity index (χ1) is 17.6. The van der Waals surface area contributed by atoms with Crippen LogP contribution in [0.3, 0.4) is 0 Å². The molecule has 9 nitrogen and oxygen atoms in total. The lowest BCUT2D eigenvalue weighted by molar-refractivity contribution is -0.274. The molecule has 0 fully saturated rings. The Morgan fingerprint density at radius 3 is 2.22 bits per heavy atom. The van der Waals surface area contributed by atoms with Crippen LogP contribution in [0.5, 0.6) is 17.5 Å². The van der Waals surface area contributed by atoms with Crippen LogP contribution in [0.2, 0.25) is 5.02 Å². The van der Waals surface area contributed by atoms with Gasteiger partial charge in [0.1, 0.15) is 11.5 Å². The molecule has 2 aromatic carbocycles. The Bertz CT molecular complexity index is 1510. The summed E-state index contributed by atoms with van der Waals surface area (Å²) in [4.78, 5) is 30.9. The predicted molar refractivity (Wildman–Crippen MR) is 129 cm³/mol. The molecule has 0 unspecified atom stereocenters. The molecule has 4 aromatic rings. The number of alkyl halides is 3. The quantitative estimate of drug-likeness (QED) is 0.343. The number of aliphatic hydroxyl groups excluding tert-OH is 1. The number of aromatic nitrogens is 4. The number of halogens is 4. The Balaban J connectivity index is 1.85. The Morgan fingerprint density at radius 2 is 1.62 bits per heavy atom. The van der Waals surface area contributed by atoms with Gasteiger partial charge >= 0.3 is 18.1 Å². The SMILES string of the molecule is CCn1c(=O)n(CCCO)c(=O)c2c1nc(Oc1ccc(OC(F)(F)F)cc1)n2Cc1ccc(Cl)cc1. The van der Waals surface area contributed by atoms with E-state index >= 15 is 0 Å². The predicted octanol–water partition coefficient (Wildman–Crippen LogP) is 4.15. The van der Waals surface area contributed by atoms with Gasteiger partial charge in [-0.1, -0.05) is 23.7 Å². The summed E-state index contributed by atoms with van der Waals surface area (Å²) < 4.78 is 51.1. The van der Waals surface area contributed by atoms with Crippen LogP contribution in [0.1, 0.15) is 18.9 Å². The number of hydrogen-bond acceptors (Lipinski definition) is 6. The summed E-state index contributed by atoms with van der Waals surface area (Å²) in [6.45, 7) is 1.85. The van der Waals surface area contributed by atoms with Crippen LogP contribution < -0.4 is 20.7 Å². The maximum atomic E-state index is 13.4. The number of rotatable bonds is 9. The fourth-order valence-electron chi connectivity index (χ4n) is 3.79. The average molecular weight is 539 g/mol. The van der Waals surface area contributed by atoms with Crippen molar-refractivity contribution in [1.82, 2.24) is 18.7 Å². The molecule has 0 saturated heterocycles. The summed E-state index contributed by atoms with van der Waals surface area (Å²) in [5.41, 5.74) is -0.244. The van der Waals surface area contributed by atoms with E-state index in [-0.39, 0.29) is 55.6 Å². The van der Waals surface area contributed by atoms with E-state index in [1.807, 2.05) is 0 Å². The molecule has 0 aliphatic heterocycles. The van der Waals surface area contributed by atoms with Gasteiger partial charge in [-0.05, 0) is 55.3 Å². The van der Waals surface area contributed by atoms with Gasteiger partial charge in [0.05, 0.1) is 6.54 Å². The fourth-order valence-corrected chi connectivity index (χ4v) is 3.92. The summed E-state index contributed by atoms with van der Waals surface area (Å²) in [7, 11) is 0. The monoisotopic (exact) mass is 538 g/mol. The third-order valence-corrected chi connectivity index (χ3v) is 5.71. The zero-order valence-electron chi connectivity index (χ0n) is 19.5. The van der Waals surface area contributed by atoms with E-state index in [1.165, 1.54) is 21.3 Å². The first-order valence-corrected chi connectivity index (χ1v) is 11.6. The first kappa shape index (κ1) is 26.3. The third-order valence-electron chi connectivity index (χ3n) is 5.46. The van der Waals surface area contributed by atoms with Crippen LogP contribution in [0.15, 0.2) is 58.1 Å². The Morgan fingerprint density at radius 1 is 0.973 bits per heavy atom. The van der Waals surface area contributed by atoms with Gasteiger partial charge in [-0.25, -0.2) is 4.79 Å². The van der Waals surface area contributed by atoms with Crippen molar-refractivity contribution in [3.8, 4) is 17.5 Å². The number of aryl methyl sites for hydroxylation is 1. The fraction of sp³-hybridized carbons (Fsp3) is 0.292. The number of nitrogens with zero attached hydrogens (tertiary/aromatic N) is 4. The Kier molecular flexibility index (Phi) is 7.60. The average Bonchev–Trinajstić information content (AvgIpc) is 3.18. The molecule has 0 aliphatic carbocycles. The molecule has 0 spiro atoms. The highest BCUT2D eigenvalue weighted by molar-refractivity contribution is 6.30. The van der Waals surface area contributed by atoms with E-state index in [1.54, 1.807) is 31.2 Å². The zero-order chi connectivity index (χ0) is 26.7. The Labute approximate surface area is 212 Å². The maximum absolute atomic E-state index is 13.4. The highest BCUT2D eigenvalue weighted by Gasteiger charge is 2.31. The van der Waals surface area contributed by atoms with Crippen LogP contribution in [-0.2, 0) is 19.6 Å². The normalized spacial score (nSPS) is 11.7. The minimum atomic E-state index is -4.84. The van der Waals surface area contributed by atoms with Crippen molar-refractivity contribution in [2.75, 3.05) is 6.61 Å². The van der Waals surface area contributed by atoms with Gasteiger partial charge in [-0.15, -0.1) is 13.2 Å². The molecule has 2 aromatic heterocycles. The van der Waals surface area contributed by atoms with Crippen LogP contribution >= 0.6 is 11.6 Å². The van der Waals surface area contributed by atoms with Crippen LogP contribution in [0.4, 0.5) is 13.2 Å². The van der Waals surface area contributed by atoms with Gasteiger partial charge in [0.25, 0.3) is 5.56 Å².